The number of ether oxygens (including phenoxy) is 2. The summed E-state index contributed by atoms with van der Waals surface area (Å²) in [6.07, 6.45) is 0. The van der Waals surface area contributed by atoms with Gasteiger partial charge in [-0.3, -0.25) is 4.79 Å². The fraction of sp³-hybridized carbons (Fsp3) is 0.778. The van der Waals surface area contributed by atoms with Gasteiger partial charge in [0.15, 0.2) is 0 Å². The van der Waals surface area contributed by atoms with Crippen LogP contribution >= 0.6 is 12.4 Å². The molecule has 0 aromatic carbocycles. The van der Waals surface area contributed by atoms with E-state index in [2.05, 4.69) is 15.4 Å². The fourth-order valence-corrected chi connectivity index (χ4v) is 1.28. The van der Waals surface area contributed by atoms with Crippen LogP contribution in [-0.2, 0) is 19.1 Å². The second kappa shape index (κ2) is 7.43. The summed E-state index contributed by atoms with van der Waals surface area (Å²) in [4.78, 5) is 22.6. The molecule has 0 radical (unpaired) electrons. The van der Waals surface area contributed by atoms with E-state index in [0.29, 0.717) is 19.8 Å². The lowest BCUT2D eigenvalue weighted by Crippen LogP contribution is -2.54. The molecule has 6 nitrogen and oxygen atoms in total. The maximum atomic E-state index is 11.6. The maximum absolute atomic E-state index is 11.6. The van der Waals surface area contributed by atoms with Crippen molar-refractivity contribution in [1.29, 1.82) is 0 Å². The number of carbonyl (C=O) groups excluding carboxylic acids is 2. The molecule has 0 spiro atoms. The van der Waals surface area contributed by atoms with Crippen molar-refractivity contribution in [1.82, 2.24) is 10.6 Å². The number of halogens is 1. The van der Waals surface area contributed by atoms with E-state index in [1.165, 1.54) is 7.11 Å². The van der Waals surface area contributed by atoms with Gasteiger partial charge in [0.05, 0.1) is 20.3 Å². The molecule has 1 aliphatic heterocycles. The number of rotatable bonds is 3. The Kier molecular flexibility index (Phi) is 7.03. The summed E-state index contributed by atoms with van der Waals surface area (Å²) in [5, 5.41) is 5.54. The van der Waals surface area contributed by atoms with Crippen LogP contribution in [-0.4, -0.2) is 50.8 Å². The molecule has 0 aromatic heterocycles. The van der Waals surface area contributed by atoms with Gasteiger partial charge >= 0.3 is 5.97 Å². The lowest BCUT2D eigenvalue weighted by atomic mass is 10.2. The zero-order valence-electron chi connectivity index (χ0n) is 9.32. The summed E-state index contributed by atoms with van der Waals surface area (Å²) in [6.45, 7) is 3.16. The highest BCUT2D eigenvalue weighted by Crippen LogP contribution is 1.95. The topological polar surface area (TPSA) is 76.7 Å². The lowest BCUT2D eigenvalue weighted by molar-refractivity contribution is -0.145. The number of hydrogen-bond donors (Lipinski definition) is 2. The molecule has 1 fully saturated rings. The van der Waals surface area contributed by atoms with Gasteiger partial charge in [-0.05, 0) is 6.92 Å². The summed E-state index contributed by atoms with van der Waals surface area (Å²) >= 11 is 0. The normalized spacial score (nSPS) is 21.5. The molecule has 1 heterocycles. The van der Waals surface area contributed by atoms with Crippen molar-refractivity contribution in [3.8, 4) is 0 Å². The molecule has 0 saturated carbocycles. The van der Waals surface area contributed by atoms with E-state index in [1.807, 2.05) is 0 Å². The number of hydrogen-bond acceptors (Lipinski definition) is 5. The molecule has 2 N–H and O–H groups in total. The van der Waals surface area contributed by atoms with Crippen molar-refractivity contribution in [2.45, 2.75) is 19.0 Å². The number of nitrogens with one attached hydrogen (secondary N) is 2. The van der Waals surface area contributed by atoms with Gasteiger partial charge in [-0.25, -0.2) is 4.79 Å². The average Bonchev–Trinajstić information content (AvgIpc) is 2.29. The molecule has 2 atom stereocenters. The monoisotopic (exact) mass is 252 g/mol. The van der Waals surface area contributed by atoms with Crippen LogP contribution in [0.4, 0.5) is 0 Å². The van der Waals surface area contributed by atoms with Crippen molar-refractivity contribution < 1.29 is 19.1 Å². The van der Waals surface area contributed by atoms with Crippen molar-refractivity contribution in [3.05, 3.63) is 0 Å². The Morgan fingerprint density at radius 1 is 1.56 bits per heavy atom. The van der Waals surface area contributed by atoms with Crippen LogP contribution in [0.5, 0.6) is 0 Å². The van der Waals surface area contributed by atoms with Crippen LogP contribution in [0.3, 0.4) is 0 Å². The second-order valence-corrected chi connectivity index (χ2v) is 3.34. The van der Waals surface area contributed by atoms with Crippen molar-refractivity contribution in [3.63, 3.8) is 0 Å². The van der Waals surface area contributed by atoms with Crippen LogP contribution in [0.1, 0.15) is 6.92 Å². The van der Waals surface area contributed by atoms with E-state index in [9.17, 15) is 9.59 Å². The van der Waals surface area contributed by atoms with E-state index < -0.39 is 12.0 Å². The number of amides is 1. The highest BCUT2D eigenvalue weighted by atomic mass is 35.5. The molecule has 2 unspecified atom stereocenters. The van der Waals surface area contributed by atoms with Gasteiger partial charge in [0.25, 0.3) is 0 Å². The molecule has 1 saturated heterocycles. The zero-order valence-corrected chi connectivity index (χ0v) is 10.1. The summed E-state index contributed by atoms with van der Waals surface area (Å²) in [7, 11) is 1.28. The first-order valence-electron chi connectivity index (χ1n) is 4.84. The van der Waals surface area contributed by atoms with Crippen molar-refractivity contribution in [2.24, 2.45) is 0 Å². The smallest absolute Gasteiger partial charge is 0.328 e. The highest BCUT2D eigenvalue weighted by molar-refractivity contribution is 5.87. The summed E-state index contributed by atoms with van der Waals surface area (Å²) in [6, 6.07) is -1.02. The summed E-state index contributed by atoms with van der Waals surface area (Å²) in [5.74, 6) is -0.701. The van der Waals surface area contributed by atoms with Gasteiger partial charge in [0, 0.05) is 6.54 Å². The van der Waals surface area contributed by atoms with E-state index in [-0.39, 0.29) is 24.4 Å². The number of carbonyl (C=O) groups is 2. The van der Waals surface area contributed by atoms with Crippen molar-refractivity contribution >= 4 is 24.3 Å². The molecule has 7 heteroatoms. The number of esters is 1. The van der Waals surface area contributed by atoms with E-state index in [4.69, 9.17) is 4.74 Å². The molecule has 0 bridgehead atoms. The van der Waals surface area contributed by atoms with E-state index >= 15 is 0 Å². The summed E-state index contributed by atoms with van der Waals surface area (Å²) in [5.41, 5.74) is 0. The van der Waals surface area contributed by atoms with Crippen molar-refractivity contribution in [2.75, 3.05) is 26.9 Å². The van der Waals surface area contributed by atoms with Crippen LogP contribution in [0.25, 0.3) is 0 Å². The predicted octanol–water partition coefficient (Wildman–Crippen LogP) is -0.926. The first-order valence-corrected chi connectivity index (χ1v) is 4.84. The third kappa shape index (κ3) is 4.34. The molecule has 0 aliphatic carbocycles. The Bertz CT molecular complexity index is 244. The van der Waals surface area contributed by atoms with Gasteiger partial charge in [-0.2, -0.15) is 0 Å². The average molecular weight is 253 g/mol. The van der Waals surface area contributed by atoms with Gasteiger partial charge in [-0.15, -0.1) is 12.4 Å². The first kappa shape index (κ1) is 15.2. The predicted molar refractivity (Wildman–Crippen MR) is 59.5 cm³/mol. The zero-order chi connectivity index (χ0) is 11.3. The number of morpholine rings is 1. The minimum absolute atomic E-state index is 0. The van der Waals surface area contributed by atoms with Gasteiger partial charge in [-0.1, -0.05) is 0 Å². The second-order valence-electron chi connectivity index (χ2n) is 3.34. The molecule has 1 aliphatic rings. The highest BCUT2D eigenvalue weighted by Gasteiger charge is 2.24. The van der Waals surface area contributed by atoms with Gasteiger partial charge in [0.2, 0.25) is 5.91 Å². The van der Waals surface area contributed by atoms with Gasteiger partial charge in [0.1, 0.15) is 12.1 Å². The quantitative estimate of drug-likeness (QED) is 0.635. The fourth-order valence-electron chi connectivity index (χ4n) is 1.28. The van der Waals surface area contributed by atoms with Gasteiger partial charge < -0.3 is 20.1 Å². The number of methoxy groups -OCH3 is 1. The maximum Gasteiger partial charge on any atom is 0.328 e. The molecule has 94 valence electrons. The molecule has 1 amide bonds. The van der Waals surface area contributed by atoms with Crippen LogP contribution in [0, 0.1) is 0 Å². The minimum atomic E-state index is -0.633. The Hall–Kier alpha value is -0.850. The molecule has 16 heavy (non-hydrogen) atoms. The SMILES string of the molecule is COC(=O)C(C)NC(=O)C1COCCN1.Cl. The van der Waals surface area contributed by atoms with Crippen LogP contribution in [0.2, 0.25) is 0 Å². The Balaban J connectivity index is 0.00000225. The Morgan fingerprint density at radius 2 is 2.25 bits per heavy atom. The third-order valence-corrected chi connectivity index (χ3v) is 2.15. The van der Waals surface area contributed by atoms with Crippen LogP contribution < -0.4 is 10.6 Å². The van der Waals surface area contributed by atoms with E-state index in [1.54, 1.807) is 6.92 Å². The third-order valence-electron chi connectivity index (χ3n) is 2.15. The van der Waals surface area contributed by atoms with E-state index in [0.717, 1.165) is 0 Å². The largest absolute Gasteiger partial charge is 0.467 e. The first-order chi connectivity index (χ1) is 7.15. The molecule has 1 rings (SSSR count). The summed E-state index contributed by atoms with van der Waals surface area (Å²) < 4.78 is 9.63. The standard InChI is InChI=1S/C9H16N2O4.ClH/c1-6(9(13)14-2)11-8(12)7-5-15-4-3-10-7;/h6-7,10H,3-5H2,1-2H3,(H,11,12);1H. The Labute approximate surface area is 100 Å². The molecular formula is C9H17ClN2O4. The molecular weight excluding hydrogens is 236 g/mol. The molecule has 0 aromatic rings. The lowest BCUT2D eigenvalue weighted by Gasteiger charge is -2.24. The minimum Gasteiger partial charge on any atom is -0.467 e. The Morgan fingerprint density at radius 3 is 2.75 bits per heavy atom. The van der Waals surface area contributed by atoms with Crippen LogP contribution in [0.15, 0.2) is 0 Å².